The van der Waals surface area contributed by atoms with Gasteiger partial charge in [0.1, 0.15) is 0 Å². The van der Waals surface area contributed by atoms with Gasteiger partial charge in [-0.25, -0.2) is 9.79 Å². The lowest BCUT2D eigenvalue weighted by Gasteiger charge is -2.40. The van der Waals surface area contributed by atoms with Crippen LogP contribution in [0.15, 0.2) is 35.3 Å². The highest BCUT2D eigenvalue weighted by Gasteiger charge is 2.49. The predicted molar refractivity (Wildman–Crippen MR) is 121 cm³/mol. The molecule has 1 aromatic carbocycles. The summed E-state index contributed by atoms with van der Waals surface area (Å²) in [7, 11) is 1.72. The zero-order valence-electron chi connectivity index (χ0n) is 18.8. The van der Waals surface area contributed by atoms with Crippen molar-refractivity contribution in [2.45, 2.75) is 38.9 Å². The Morgan fingerprint density at radius 2 is 1.81 bits per heavy atom. The number of rotatable bonds is 6. The topological polar surface area (TPSA) is 71.5 Å². The first kappa shape index (κ1) is 21.6. The molecule has 0 aliphatic carbocycles. The Morgan fingerprint density at radius 1 is 1.10 bits per heavy atom. The van der Waals surface area contributed by atoms with Crippen LogP contribution in [0, 0.1) is 5.92 Å². The molecule has 8 heteroatoms. The standard InChI is InChI=1S/C23H34N6O2/c1-17(2)16-27-12-14-28(15-13-27)22-24-20-19(21(30)25-23(31)26(20)3)29(22)11-7-10-18-8-5-4-6-9-18/h4-6,8-9,17,19-20H,7,10-16H2,1-3H3,(H,25,30,31). The molecule has 3 heterocycles. The Labute approximate surface area is 184 Å². The average Bonchev–Trinajstić information content (AvgIpc) is 3.13. The largest absolute Gasteiger partial charge is 0.340 e. The summed E-state index contributed by atoms with van der Waals surface area (Å²) in [6.45, 7) is 10.1. The van der Waals surface area contributed by atoms with Gasteiger partial charge in [0.25, 0.3) is 5.91 Å². The molecular formula is C23H34N6O2. The molecule has 2 atom stereocenters. The van der Waals surface area contributed by atoms with Gasteiger partial charge in [-0.2, -0.15) is 0 Å². The summed E-state index contributed by atoms with van der Waals surface area (Å²) in [6.07, 6.45) is 1.41. The molecule has 31 heavy (non-hydrogen) atoms. The highest BCUT2D eigenvalue weighted by molar-refractivity contribution is 6.03. The Bertz CT molecular complexity index is 819. The maximum absolute atomic E-state index is 12.8. The van der Waals surface area contributed by atoms with Crippen molar-refractivity contribution in [3.8, 4) is 0 Å². The quantitative estimate of drug-likeness (QED) is 0.745. The lowest BCUT2D eigenvalue weighted by atomic mass is 10.1. The SMILES string of the molecule is CC(C)CN1CCN(C2=NC3C(C(=O)NC(=O)N3C)N2CCCc2ccccc2)CC1. The number of nitrogens with one attached hydrogen (secondary N) is 1. The van der Waals surface area contributed by atoms with E-state index in [0.717, 1.165) is 58.1 Å². The summed E-state index contributed by atoms with van der Waals surface area (Å²) in [6, 6.07) is 9.58. The second-order valence-electron chi connectivity index (χ2n) is 9.16. The number of imide groups is 1. The van der Waals surface area contributed by atoms with E-state index in [1.54, 1.807) is 11.9 Å². The number of piperazine rings is 1. The molecule has 0 radical (unpaired) electrons. The number of carbonyl (C=O) groups is 2. The molecule has 168 valence electrons. The molecule has 2 saturated heterocycles. The summed E-state index contributed by atoms with van der Waals surface area (Å²) < 4.78 is 0. The van der Waals surface area contributed by atoms with Crippen LogP contribution in [-0.2, 0) is 11.2 Å². The molecule has 1 aromatic rings. The van der Waals surface area contributed by atoms with E-state index >= 15 is 0 Å². The van der Waals surface area contributed by atoms with Crippen LogP contribution in [-0.4, -0.2) is 96.0 Å². The van der Waals surface area contributed by atoms with Crippen LogP contribution in [0.3, 0.4) is 0 Å². The van der Waals surface area contributed by atoms with Crippen molar-refractivity contribution in [2.24, 2.45) is 10.9 Å². The number of hydrogen-bond donors (Lipinski definition) is 1. The van der Waals surface area contributed by atoms with Gasteiger partial charge in [-0.3, -0.25) is 15.0 Å². The van der Waals surface area contributed by atoms with Crippen LogP contribution in [0.4, 0.5) is 4.79 Å². The number of amides is 3. The van der Waals surface area contributed by atoms with E-state index in [-0.39, 0.29) is 11.9 Å². The fourth-order valence-corrected chi connectivity index (χ4v) is 4.76. The van der Waals surface area contributed by atoms with Gasteiger partial charge in [-0.15, -0.1) is 0 Å². The first-order chi connectivity index (χ1) is 14.9. The number of nitrogens with zero attached hydrogens (tertiary/aromatic N) is 5. The maximum atomic E-state index is 12.8. The average molecular weight is 427 g/mol. The number of carbonyl (C=O) groups excluding carboxylic acids is 2. The zero-order valence-corrected chi connectivity index (χ0v) is 18.8. The molecule has 2 fully saturated rings. The first-order valence-electron chi connectivity index (χ1n) is 11.4. The summed E-state index contributed by atoms with van der Waals surface area (Å²) in [5.41, 5.74) is 1.29. The number of aliphatic imine (C=N–C) groups is 1. The summed E-state index contributed by atoms with van der Waals surface area (Å²) >= 11 is 0. The number of likely N-dealkylation sites (N-methyl/N-ethyl adjacent to an activating group) is 1. The molecule has 3 aliphatic heterocycles. The van der Waals surface area contributed by atoms with Crippen molar-refractivity contribution in [1.29, 1.82) is 0 Å². The highest BCUT2D eigenvalue weighted by Crippen LogP contribution is 2.26. The molecule has 2 unspecified atom stereocenters. The molecule has 1 N–H and O–H groups in total. The number of benzene rings is 1. The lowest BCUT2D eigenvalue weighted by Crippen LogP contribution is -2.64. The van der Waals surface area contributed by atoms with E-state index < -0.39 is 12.2 Å². The molecule has 0 aromatic heterocycles. The highest BCUT2D eigenvalue weighted by atomic mass is 16.2. The van der Waals surface area contributed by atoms with Gasteiger partial charge in [0.05, 0.1) is 0 Å². The van der Waals surface area contributed by atoms with Gasteiger partial charge in [0.2, 0.25) is 0 Å². The second-order valence-corrected chi connectivity index (χ2v) is 9.16. The van der Waals surface area contributed by atoms with Crippen LogP contribution in [0.25, 0.3) is 0 Å². The van der Waals surface area contributed by atoms with Gasteiger partial charge in [0.15, 0.2) is 18.2 Å². The summed E-state index contributed by atoms with van der Waals surface area (Å²) in [5, 5.41) is 2.50. The van der Waals surface area contributed by atoms with Gasteiger partial charge in [0, 0.05) is 46.3 Å². The fraction of sp³-hybridized carbons (Fsp3) is 0.609. The van der Waals surface area contributed by atoms with Crippen LogP contribution < -0.4 is 5.32 Å². The number of guanidine groups is 1. The van der Waals surface area contributed by atoms with Gasteiger partial charge in [-0.1, -0.05) is 44.2 Å². The summed E-state index contributed by atoms with van der Waals surface area (Å²) in [5.74, 6) is 1.27. The van der Waals surface area contributed by atoms with Crippen molar-refractivity contribution in [3.63, 3.8) is 0 Å². The van der Waals surface area contributed by atoms with Gasteiger partial charge in [-0.05, 0) is 24.3 Å². The third-order valence-corrected chi connectivity index (χ3v) is 6.32. The molecular weight excluding hydrogens is 392 g/mol. The zero-order chi connectivity index (χ0) is 22.0. The van der Waals surface area contributed by atoms with Crippen molar-refractivity contribution >= 4 is 17.9 Å². The number of urea groups is 1. The molecule has 0 bridgehead atoms. The Balaban J connectivity index is 1.48. The maximum Gasteiger partial charge on any atom is 0.325 e. The number of aryl methyl sites for hydroxylation is 1. The van der Waals surface area contributed by atoms with E-state index in [4.69, 9.17) is 4.99 Å². The van der Waals surface area contributed by atoms with Crippen molar-refractivity contribution < 1.29 is 9.59 Å². The van der Waals surface area contributed by atoms with E-state index in [0.29, 0.717) is 5.92 Å². The lowest BCUT2D eigenvalue weighted by molar-refractivity contribution is -0.127. The predicted octanol–water partition coefficient (Wildman–Crippen LogP) is 1.44. The molecule has 3 amide bonds. The third-order valence-electron chi connectivity index (χ3n) is 6.32. The summed E-state index contributed by atoms with van der Waals surface area (Å²) in [4.78, 5) is 38.3. The van der Waals surface area contributed by atoms with E-state index in [9.17, 15) is 9.59 Å². The van der Waals surface area contributed by atoms with E-state index in [1.807, 2.05) is 6.07 Å². The third kappa shape index (κ3) is 4.69. The van der Waals surface area contributed by atoms with Gasteiger partial charge >= 0.3 is 6.03 Å². The minimum atomic E-state index is -0.457. The number of fused-ring (bicyclic) bond motifs is 1. The Morgan fingerprint density at radius 3 is 2.48 bits per heavy atom. The smallest absolute Gasteiger partial charge is 0.325 e. The minimum Gasteiger partial charge on any atom is -0.340 e. The molecule has 4 rings (SSSR count). The normalized spacial score (nSPS) is 24.5. The molecule has 8 nitrogen and oxygen atoms in total. The second kappa shape index (κ2) is 9.26. The fourth-order valence-electron chi connectivity index (χ4n) is 4.76. The molecule has 0 spiro atoms. The van der Waals surface area contributed by atoms with Crippen molar-refractivity contribution in [1.82, 2.24) is 24.9 Å². The van der Waals surface area contributed by atoms with Crippen LogP contribution in [0.2, 0.25) is 0 Å². The molecule has 0 saturated carbocycles. The Hall–Kier alpha value is -2.61. The monoisotopic (exact) mass is 426 g/mol. The van der Waals surface area contributed by atoms with Gasteiger partial charge < -0.3 is 14.7 Å². The minimum absolute atomic E-state index is 0.245. The van der Waals surface area contributed by atoms with Crippen LogP contribution >= 0.6 is 0 Å². The van der Waals surface area contributed by atoms with E-state index in [2.05, 4.69) is 58.1 Å². The molecule has 3 aliphatic rings. The number of hydrogen-bond acceptors (Lipinski definition) is 6. The van der Waals surface area contributed by atoms with E-state index in [1.165, 1.54) is 5.56 Å². The van der Waals surface area contributed by atoms with Crippen molar-refractivity contribution in [3.05, 3.63) is 35.9 Å². The van der Waals surface area contributed by atoms with Crippen molar-refractivity contribution in [2.75, 3.05) is 46.3 Å². The van der Waals surface area contributed by atoms with Crippen LogP contribution in [0.5, 0.6) is 0 Å². The first-order valence-corrected chi connectivity index (χ1v) is 11.4. The Kier molecular flexibility index (Phi) is 6.46. The van der Waals surface area contributed by atoms with Crippen LogP contribution in [0.1, 0.15) is 25.8 Å².